The lowest BCUT2D eigenvalue weighted by atomic mass is 10.0. The third-order valence-electron chi connectivity index (χ3n) is 4.34. The van der Waals surface area contributed by atoms with E-state index in [1.807, 2.05) is 32.0 Å². The molecule has 3 rings (SSSR count). The number of sulfonamides is 1. The molecule has 146 valence electrons. The summed E-state index contributed by atoms with van der Waals surface area (Å²) in [5, 5.41) is 0.800. The Hall–Kier alpha value is -1.92. The average Bonchev–Trinajstić information content (AvgIpc) is 2.61. The van der Waals surface area contributed by atoms with Gasteiger partial charge in [-0.3, -0.25) is 4.98 Å². The fraction of sp³-hybridized carbons (Fsp3) is 0.190. The Bertz CT molecular complexity index is 1060. The van der Waals surface area contributed by atoms with Crippen LogP contribution in [0.2, 0.25) is 10.0 Å². The molecular formula is C21H20Cl2N2O2S. The molecule has 0 spiro atoms. The molecule has 2 aromatic carbocycles. The minimum atomic E-state index is -3.78. The molecule has 7 heteroatoms. The van der Waals surface area contributed by atoms with Crippen molar-refractivity contribution in [2.24, 2.45) is 0 Å². The van der Waals surface area contributed by atoms with Gasteiger partial charge < -0.3 is 0 Å². The van der Waals surface area contributed by atoms with Crippen LogP contribution in [-0.2, 0) is 16.4 Å². The second-order valence-electron chi connectivity index (χ2n) is 6.60. The highest BCUT2D eigenvalue weighted by atomic mass is 35.5. The van der Waals surface area contributed by atoms with Gasteiger partial charge in [0.1, 0.15) is 0 Å². The van der Waals surface area contributed by atoms with Crippen LogP contribution in [0.15, 0.2) is 65.6 Å². The molecule has 1 aromatic heterocycles. The molecule has 0 amide bonds. The molecule has 1 N–H and O–H groups in total. The standard InChI is InChI=1S/C21H20Cl2N2O2S/c1-14-9-11-17(12-10-14)28(26,27)25-20(13-16-6-3-5-15(2)24-16)21-18(22)7-4-8-19(21)23/h3-12,20,25H,13H2,1-2H3. The van der Waals surface area contributed by atoms with Crippen molar-refractivity contribution in [3.63, 3.8) is 0 Å². The summed E-state index contributed by atoms with van der Waals surface area (Å²) in [5.74, 6) is 0. The van der Waals surface area contributed by atoms with Crippen LogP contribution < -0.4 is 4.72 Å². The van der Waals surface area contributed by atoms with Gasteiger partial charge in [0.05, 0.1) is 10.9 Å². The van der Waals surface area contributed by atoms with E-state index in [4.69, 9.17) is 23.2 Å². The lowest BCUT2D eigenvalue weighted by Crippen LogP contribution is -2.30. The molecule has 1 unspecified atom stereocenters. The molecule has 1 atom stereocenters. The van der Waals surface area contributed by atoms with Crippen molar-refractivity contribution in [1.82, 2.24) is 9.71 Å². The molecular weight excluding hydrogens is 415 g/mol. The number of benzene rings is 2. The van der Waals surface area contributed by atoms with E-state index >= 15 is 0 Å². The lowest BCUT2D eigenvalue weighted by Gasteiger charge is -2.21. The number of nitrogens with zero attached hydrogens (tertiary/aromatic N) is 1. The Kier molecular flexibility index (Phi) is 6.40. The third-order valence-corrected chi connectivity index (χ3v) is 6.48. The Morgan fingerprint density at radius 2 is 1.54 bits per heavy atom. The van der Waals surface area contributed by atoms with Crippen molar-refractivity contribution >= 4 is 33.2 Å². The van der Waals surface area contributed by atoms with Gasteiger partial charge >= 0.3 is 0 Å². The summed E-state index contributed by atoms with van der Waals surface area (Å²) in [6.07, 6.45) is 0.316. The van der Waals surface area contributed by atoms with E-state index < -0.39 is 16.1 Å². The predicted molar refractivity (Wildman–Crippen MR) is 113 cm³/mol. The summed E-state index contributed by atoms with van der Waals surface area (Å²) in [4.78, 5) is 4.67. The van der Waals surface area contributed by atoms with E-state index in [-0.39, 0.29) is 4.90 Å². The first-order chi connectivity index (χ1) is 13.3. The van der Waals surface area contributed by atoms with Gasteiger partial charge in [0, 0.05) is 33.4 Å². The van der Waals surface area contributed by atoms with Crippen molar-refractivity contribution in [2.75, 3.05) is 0 Å². The number of pyridine rings is 1. The average molecular weight is 435 g/mol. The quantitative estimate of drug-likeness (QED) is 0.574. The van der Waals surface area contributed by atoms with Crippen LogP contribution >= 0.6 is 23.2 Å². The number of rotatable bonds is 6. The minimum Gasteiger partial charge on any atom is -0.258 e. The largest absolute Gasteiger partial charge is 0.258 e. The Balaban J connectivity index is 2.02. The van der Waals surface area contributed by atoms with Gasteiger partial charge in [-0.25, -0.2) is 13.1 Å². The number of aryl methyl sites for hydroxylation is 2. The van der Waals surface area contributed by atoms with Gasteiger partial charge in [0.2, 0.25) is 10.0 Å². The molecule has 0 radical (unpaired) electrons. The highest BCUT2D eigenvalue weighted by Crippen LogP contribution is 2.33. The molecule has 4 nitrogen and oxygen atoms in total. The van der Waals surface area contributed by atoms with Crippen LogP contribution in [0.25, 0.3) is 0 Å². The van der Waals surface area contributed by atoms with Gasteiger partial charge in [-0.05, 0) is 50.2 Å². The number of hydrogen-bond donors (Lipinski definition) is 1. The fourth-order valence-electron chi connectivity index (χ4n) is 2.94. The van der Waals surface area contributed by atoms with Gasteiger partial charge in [0.15, 0.2) is 0 Å². The summed E-state index contributed by atoms with van der Waals surface area (Å²) in [7, 11) is -3.78. The maximum Gasteiger partial charge on any atom is 0.241 e. The topological polar surface area (TPSA) is 59.1 Å². The summed E-state index contributed by atoms with van der Waals surface area (Å²) in [6.45, 7) is 3.79. The molecule has 0 saturated heterocycles. The molecule has 0 aliphatic carbocycles. The zero-order chi connectivity index (χ0) is 20.3. The smallest absolute Gasteiger partial charge is 0.241 e. The maximum absolute atomic E-state index is 13.0. The number of halogens is 2. The number of nitrogens with one attached hydrogen (secondary N) is 1. The van der Waals surface area contributed by atoms with E-state index in [1.54, 1.807) is 42.5 Å². The van der Waals surface area contributed by atoms with Crippen molar-refractivity contribution in [3.05, 3.63) is 93.2 Å². The van der Waals surface area contributed by atoms with Crippen LogP contribution in [0.3, 0.4) is 0 Å². The predicted octanol–water partition coefficient (Wildman–Crippen LogP) is 5.27. The normalized spacial score (nSPS) is 12.7. The molecule has 1 heterocycles. The van der Waals surface area contributed by atoms with Crippen LogP contribution in [0.1, 0.15) is 28.6 Å². The fourth-order valence-corrected chi connectivity index (χ4v) is 4.81. The van der Waals surface area contributed by atoms with E-state index in [0.717, 1.165) is 17.0 Å². The molecule has 28 heavy (non-hydrogen) atoms. The molecule has 0 aliphatic heterocycles. The molecule has 0 aliphatic rings. The van der Waals surface area contributed by atoms with Crippen molar-refractivity contribution < 1.29 is 8.42 Å². The molecule has 0 fully saturated rings. The van der Waals surface area contributed by atoms with E-state index in [1.165, 1.54) is 0 Å². The first-order valence-corrected chi connectivity index (χ1v) is 11.0. The summed E-state index contributed by atoms with van der Waals surface area (Å²) in [5.41, 5.74) is 3.11. The maximum atomic E-state index is 13.0. The van der Waals surface area contributed by atoms with Crippen molar-refractivity contribution in [1.29, 1.82) is 0 Å². The monoisotopic (exact) mass is 434 g/mol. The third kappa shape index (κ3) is 4.92. The first-order valence-electron chi connectivity index (χ1n) is 8.72. The number of hydrogen-bond acceptors (Lipinski definition) is 3. The zero-order valence-electron chi connectivity index (χ0n) is 15.5. The highest BCUT2D eigenvalue weighted by molar-refractivity contribution is 7.89. The Morgan fingerprint density at radius 3 is 2.14 bits per heavy atom. The van der Waals surface area contributed by atoms with Crippen molar-refractivity contribution in [2.45, 2.75) is 31.2 Å². The number of aromatic nitrogens is 1. The van der Waals surface area contributed by atoms with Gasteiger partial charge in [-0.1, -0.05) is 53.0 Å². The second-order valence-corrected chi connectivity index (χ2v) is 9.13. The van der Waals surface area contributed by atoms with Crippen LogP contribution in [0.5, 0.6) is 0 Å². The zero-order valence-corrected chi connectivity index (χ0v) is 17.8. The lowest BCUT2D eigenvalue weighted by molar-refractivity contribution is 0.553. The van der Waals surface area contributed by atoms with Gasteiger partial charge in [-0.15, -0.1) is 0 Å². The highest BCUT2D eigenvalue weighted by Gasteiger charge is 2.25. The summed E-state index contributed by atoms with van der Waals surface area (Å²) < 4.78 is 28.7. The van der Waals surface area contributed by atoms with Crippen LogP contribution in [0, 0.1) is 13.8 Å². The second kappa shape index (κ2) is 8.62. The van der Waals surface area contributed by atoms with E-state index in [2.05, 4.69) is 9.71 Å². The van der Waals surface area contributed by atoms with E-state index in [9.17, 15) is 8.42 Å². The van der Waals surface area contributed by atoms with Crippen LogP contribution in [0.4, 0.5) is 0 Å². The van der Waals surface area contributed by atoms with Gasteiger partial charge in [-0.2, -0.15) is 0 Å². The Labute approximate surface area is 175 Å². The van der Waals surface area contributed by atoms with E-state index in [0.29, 0.717) is 22.0 Å². The summed E-state index contributed by atoms with van der Waals surface area (Å²) in [6, 6.07) is 16.7. The summed E-state index contributed by atoms with van der Waals surface area (Å²) >= 11 is 12.8. The Morgan fingerprint density at radius 1 is 0.929 bits per heavy atom. The van der Waals surface area contributed by atoms with Crippen molar-refractivity contribution in [3.8, 4) is 0 Å². The molecule has 0 saturated carbocycles. The SMILES string of the molecule is Cc1ccc(S(=O)(=O)NC(Cc2cccc(C)n2)c2c(Cl)cccc2Cl)cc1. The van der Waals surface area contributed by atoms with Crippen LogP contribution in [-0.4, -0.2) is 13.4 Å². The van der Waals surface area contributed by atoms with Gasteiger partial charge in [0.25, 0.3) is 0 Å². The molecule has 3 aromatic rings. The minimum absolute atomic E-state index is 0.184. The first kappa shape index (κ1) is 20.8. The molecule has 0 bridgehead atoms.